The fourth-order valence-corrected chi connectivity index (χ4v) is 3.41. The van der Waals surface area contributed by atoms with Gasteiger partial charge in [-0.2, -0.15) is 0 Å². The first-order valence-electron chi connectivity index (χ1n) is 8.71. The lowest BCUT2D eigenvalue weighted by Crippen LogP contribution is -2.22. The Balaban J connectivity index is 1.98. The van der Waals surface area contributed by atoms with E-state index >= 15 is 0 Å². The van der Waals surface area contributed by atoms with Crippen molar-refractivity contribution in [2.75, 3.05) is 39.6 Å². The number of nitrogens with one attached hydrogen (secondary N) is 1. The van der Waals surface area contributed by atoms with Gasteiger partial charge < -0.3 is 20.2 Å². The van der Waals surface area contributed by atoms with Crippen LogP contribution in [0.2, 0.25) is 0 Å². The number of hydrogen-bond donors (Lipinski definition) is 2. The van der Waals surface area contributed by atoms with E-state index in [1.54, 1.807) is 24.5 Å². The molecule has 1 aliphatic rings. The summed E-state index contributed by atoms with van der Waals surface area (Å²) in [5, 5.41) is 18.6. The number of likely N-dealkylation sites (N-methyl/N-ethyl adjacent to an activating group) is 1. The maximum Gasteiger partial charge on any atom is 0.137 e. The minimum Gasteiger partial charge on any atom is -0.508 e. The highest BCUT2D eigenvalue weighted by Gasteiger charge is 2.31. The summed E-state index contributed by atoms with van der Waals surface area (Å²) in [7, 11) is 5.58. The van der Waals surface area contributed by atoms with E-state index in [1.807, 2.05) is 26.2 Å². The highest BCUT2D eigenvalue weighted by Crippen LogP contribution is 2.44. The first kappa shape index (κ1) is 17.2. The second-order valence-corrected chi connectivity index (χ2v) is 6.69. The van der Waals surface area contributed by atoms with Crippen molar-refractivity contribution in [3.63, 3.8) is 0 Å². The van der Waals surface area contributed by atoms with Crippen molar-refractivity contribution in [2.45, 2.75) is 0 Å². The van der Waals surface area contributed by atoms with Crippen molar-refractivity contribution in [1.82, 2.24) is 14.9 Å². The lowest BCUT2D eigenvalue weighted by atomic mass is 10.0. The Morgan fingerprint density at radius 3 is 2.81 bits per heavy atom. The SMILES string of the molecule is CO/N=C1\c2cnccc2-c2c1c(NCCN(C)C)nc1cc(O)ccc21. The van der Waals surface area contributed by atoms with Crippen LogP contribution in [0.5, 0.6) is 5.75 Å². The molecular formula is C20H21N5O2. The number of aromatic nitrogens is 2. The predicted molar refractivity (Wildman–Crippen MR) is 106 cm³/mol. The molecule has 0 saturated carbocycles. The van der Waals surface area contributed by atoms with Gasteiger partial charge in [0.1, 0.15) is 24.4 Å². The summed E-state index contributed by atoms with van der Waals surface area (Å²) in [6, 6.07) is 7.22. The van der Waals surface area contributed by atoms with Crippen LogP contribution in [0.15, 0.2) is 41.8 Å². The summed E-state index contributed by atoms with van der Waals surface area (Å²) in [5.74, 6) is 0.907. The fourth-order valence-electron chi connectivity index (χ4n) is 3.41. The summed E-state index contributed by atoms with van der Waals surface area (Å²) < 4.78 is 0. The number of oxime groups is 1. The zero-order valence-corrected chi connectivity index (χ0v) is 15.5. The number of anilines is 1. The van der Waals surface area contributed by atoms with Gasteiger partial charge in [0.2, 0.25) is 0 Å². The summed E-state index contributed by atoms with van der Waals surface area (Å²) in [6.45, 7) is 1.59. The van der Waals surface area contributed by atoms with E-state index in [0.717, 1.165) is 52.1 Å². The molecule has 4 rings (SSSR count). The second kappa shape index (κ2) is 6.85. The normalized spacial score (nSPS) is 13.9. The number of nitrogens with zero attached hydrogens (tertiary/aromatic N) is 4. The molecule has 0 saturated heterocycles. The third kappa shape index (κ3) is 2.96. The third-order valence-electron chi connectivity index (χ3n) is 4.59. The predicted octanol–water partition coefficient (Wildman–Crippen LogP) is 2.69. The Hall–Kier alpha value is -3.19. The number of fused-ring (bicyclic) bond motifs is 5. The van der Waals surface area contributed by atoms with Crippen LogP contribution in [-0.2, 0) is 4.84 Å². The molecule has 27 heavy (non-hydrogen) atoms. The maximum absolute atomic E-state index is 9.93. The zero-order valence-electron chi connectivity index (χ0n) is 15.5. The fraction of sp³-hybridized carbons (Fsp3) is 0.250. The Morgan fingerprint density at radius 2 is 2.04 bits per heavy atom. The van der Waals surface area contributed by atoms with Crippen LogP contribution in [0.25, 0.3) is 22.0 Å². The first-order chi connectivity index (χ1) is 13.1. The average Bonchev–Trinajstić information content (AvgIpc) is 2.97. The molecule has 0 aliphatic heterocycles. The highest BCUT2D eigenvalue weighted by molar-refractivity contribution is 6.29. The molecule has 2 heterocycles. The van der Waals surface area contributed by atoms with Crippen molar-refractivity contribution < 1.29 is 9.94 Å². The van der Waals surface area contributed by atoms with E-state index < -0.39 is 0 Å². The lowest BCUT2D eigenvalue weighted by Gasteiger charge is -2.15. The number of benzene rings is 1. The average molecular weight is 363 g/mol. The molecule has 138 valence electrons. The van der Waals surface area contributed by atoms with Crippen LogP contribution < -0.4 is 5.32 Å². The molecule has 2 aromatic heterocycles. The van der Waals surface area contributed by atoms with Gasteiger partial charge in [-0.05, 0) is 37.9 Å². The number of rotatable bonds is 5. The highest BCUT2D eigenvalue weighted by atomic mass is 16.6. The molecule has 0 spiro atoms. The molecule has 0 bridgehead atoms. The summed E-state index contributed by atoms with van der Waals surface area (Å²) in [4.78, 5) is 16.3. The molecule has 0 atom stereocenters. The van der Waals surface area contributed by atoms with Gasteiger partial charge in [0.15, 0.2) is 0 Å². The van der Waals surface area contributed by atoms with Gasteiger partial charge in [0.25, 0.3) is 0 Å². The van der Waals surface area contributed by atoms with Crippen LogP contribution in [0, 0.1) is 0 Å². The molecule has 7 nitrogen and oxygen atoms in total. The van der Waals surface area contributed by atoms with Gasteiger partial charge in [0.05, 0.1) is 11.1 Å². The number of phenolic OH excluding ortho intramolecular Hbond substituents is 1. The van der Waals surface area contributed by atoms with Crippen molar-refractivity contribution in [3.8, 4) is 16.9 Å². The van der Waals surface area contributed by atoms with E-state index in [9.17, 15) is 5.11 Å². The van der Waals surface area contributed by atoms with Gasteiger partial charge >= 0.3 is 0 Å². The van der Waals surface area contributed by atoms with Gasteiger partial charge in [-0.3, -0.25) is 4.98 Å². The number of aromatic hydroxyl groups is 1. The van der Waals surface area contributed by atoms with Crippen molar-refractivity contribution in [1.29, 1.82) is 0 Å². The first-order valence-corrected chi connectivity index (χ1v) is 8.71. The number of pyridine rings is 2. The van der Waals surface area contributed by atoms with Crippen LogP contribution in [-0.4, -0.2) is 60.0 Å². The Bertz CT molecular complexity index is 1050. The molecule has 0 amide bonds. The van der Waals surface area contributed by atoms with E-state index in [1.165, 1.54) is 7.11 Å². The van der Waals surface area contributed by atoms with Crippen molar-refractivity contribution >= 4 is 22.4 Å². The summed E-state index contributed by atoms with van der Waals surface area (Å²) in [5.41, 5.74) is 5.31. The monoisotopic (exact) mass is 363 g/mol. The van der Waals surface area contributed by atoms with Crippen LogP contribution in [0.4, 0.5) is 5.82 Å². The maximum atomic E-state index is 9.93. The Kier molecular flexibility index (Phi) is 4.37. The lowest BCUT2D eigenvalue weighted by molar-refractivity contribution is 0.214. The van der Waals surface area contributed by atoms with Gasteiger partial charge in [-0.15, -0.1) is 0 Å². The van der Waals surface area contributed by atoms with Gasteiger partial charge in [-0.25, -0.2) is 4.98 Å². The topological polar surface area (TPSA) is 82.9 Å². The molecule has 3 aromatic rings. The standard InChI is InChI=1S/C20H21N5O2/c1-25(2)9-8-22-20-18-17(14-5-4-12(26)10-16(14)23-20)13-6-7-21-11-15(13)19(18)24-27-3/h4-7,10-11,26H,8-9H2,1-3H3,(H,22,23)/b24-19+. The molecular weight excluding hydrogens is 342 g/mol. The van der Waals surface area contributed by atoms with E-state index in [2.05, 4.69) is 20.4 Å². The minimum absolute atomic E-state index is 0.188. The Morgan fingerprint density at radius 1 is 1.19 bits per heavy atom. The number of phenols is 1. The zero-order chi connectivity index (χ0) is 19.0. The van der Waals surface area contributed by atoms with E-state index in [0.29, 0.717) is 5.71 Å². The minimum atomic E-state index is 0.188. The number of hydrogen-bond acceptors (Lipinski definition) is 7. The molecule has 7 heteroatoms. The third-order valence-corrected chi connectivity index (χ3v) is 4.59. The summed E-state index contributed by atoms with van der Waals surface area (Å²) >= 11 is 0. The van der Waals surface area contributed by atoms with Gasteiger partial charge in [-0.1, -0.05) is 5.16 Å². The van der Waals surface area contributed by atoms with Crippen LogP contribution >= 0.6 is 0 Å². The molecule has 0 unspecified atom stereocenters. The van der Waals surface area contributed by atoms with E-state index in [4.69, 9.17) is 9.82 Å². The van der Waals surface area contributed by atoms with E-state index in [-0.39, 0.29) is 5.75 Å². The summed E-state index contributed by atoms with van der Waals surface area (Å²) in [6.07, 6.45) is 3.56. The smallest absolute Gasteiger partial charge is 0.137 e. The van der Waals surface area contributed by atoms with Crippen molar-refractivity contribution in [2.24, 2.45) is 5.16 Å². The second-order valence-electron chi connectivity index (χ2n) is 6.69. The van der Waals surface area contributed by atoms with Crippen LogP contribution in [0.3, 0.4) is 0 Å². The molecule has 0 fully saturated rings. The van der Waals surface area contributed by atoms with Crippen LogP contribution in [0.1, 0.15) is 11.1 Å². The largest absolute Gasteiger partial charge is 0.508 e. The molecule has 0 radical (unpaired) electrons. The van der Waals surface area contributed by atoms with Crippen molar-refractivity contribution in [3.05, 3.63) is 47.8 Å². The quantitative estimate of drug-likeness (QED) is 0.531. The molecule has 1 aromatic carbocycles. The molecule has 1 aliphatic carbocycles. The Labute approximate surface area is 157 Å². The van der Waals surface area contributed by atoms with Gasteiger partial charge in [0, 0.05) is 48.1 Å². The molecule has 2 N–H and O–H groups in total.